The van der Waals surface area contributed by atoms with E-state index in [0.717, 1.165) is 6.42 Å². The number of nitrogens with one attached hydrogen (secondary N) is 1. The second kappa shape index (κ2) is 6.07. The molecule has 58 valence electrons. The number of alkyl carbamates (subject to hydrolysis) is 1. The Bertz CT molecular complexity index is 114. The fourth-order valence-electron chi connectivity index (χ4n) is 0.388. The van der Waals surface area contributed by atoms with Crippen molar-refractivity contribution in [2.45, 2.75) is 13.3 Å². The maximum Gasteiger partial charge on any atom is 0.407 e. The van der Waals surface area contributed by atoms with Gasteiger partial charge >= 0.3 is 6.09 Å². The molecular weight excluding hydrogens is 134 g/mol. The fraction of sp³-hybridized carbons (Fsp3) is 0.667. The summed E-state index contributed by atoms with van der Waals surface area (Å²) in [6.45, 7) is 2.34. The average Bonchev–Trinajstić information content (AvgIpc) is 1.97. The summed E-state index contributed by atoms with van der Waals surface area (Å²) in [6.07, 6.45) is 0.857. The third kappa shape index (κ3) is 5.08. The van der Waals surface area contributed by atoms with Crippen molar-refractivity contribution in [2.24, 2.45) is 0 Å². The lowest BCUT2D eigenvalue weighted by Gasteiger charge is -2.00. The van der Waals surface area contributed by atoms with Gasteiger partial charge in [0.2, 0.25) is 0 Å². The molecule has 0 bridgehead atoms. The van der Waals surface area contributed by atoms with Crippen LogP contribution in [0.15, 0.2) is 0 Å². The summed E-state index contributed by atoms with van der Waals surface area (Å²) in [7, 11) is 0. The third-order valence-electron chi connectivity index (χ3n) is 0.802. The van der Waals surface area contributed by atoms with E-state index in [9.17, 15) is 9.59 Å². The van der Waals surface area contributed by atoms with E-state index in [1.54, 1.807) is 0 Å². The first-order valence-corrected chi connectivity index (χ1v) is 3.15. The van der Waals surface area contributed by atoms with Crippen molar-refractivity contribution < 1.29 is 14.3 Å². The van der Waals surface area contributed by atoms with Crippen LogP contribution in [0.25, 0.3) is 0 Å². The van der Waals surface area contributed by atoms with Gasteiger partial charge in [0.1, 0.15) is 6.61 Å². The van der Waals surface area contributed by atoms with Gasteiger partial charge in [-0.05, 0) is 6.42 Å². The highest BCUT2D eigenvalue weighted by molar-refractivity contribution is 5.69. The predicted octanol–water partition coefficient (Wildman–Crippen LogP) is 0.321. The Morgan fingerprint density at radius 3 is 2.90 bits per heavy atom. The molecule has 4 heteroatoms. The molecule has 0 heterocycles. The first-order chi connectivity index (χ1) is 4.81. The van der Waals surface area contributed by atoms with E-state index in [4.69, 9.17) is 0 Å². The van der Waals surface area contributed by atoms with E-state index >= 15 is 0 Å². The Morgan fingerprint density at radius 2 is 2.40 bits per heavy atom. The highest BCUT2D eigenvalue weighted by Crippen LogP contribution is 1.75. The SMILES string of the molecule is CCCNC(=O)OCC=O. The number of carbonyl (C=O) groups is 2. The molecular formula is C6H11NO3. The summed E-state index contributed by atoms with van der Waals surface area (Å²) in [5, 5.41) is 2.45. The van der Waals surface area contributed by atoms with E-state index in [1.165, 1.54) is 0 Å². The minimum absolute atomic E-state index is 0.171. The number of ether oxygens (including phenoxy) is 1. The lowest BCUT2D eigenvalue weighted by atomic mass is 10.5. The van der Waals surface area contributed by atoms with Crippen LogP contribution in [0.3, 0.4) is 0 Å². The van der Waals surface area contributed by atoms with Crippen molar-refractivity contribution >= 4 is 12.4 Å². The van der Waals surface area contributed by atoms with Crippen LogP contribution in [0.2, 0.25) is 0 Å². The van der Waals surface area contributed by atoms with Crippen molar-refractivity contribution in [3.05, 3.63) is 0 Å². The van der Waals surface area contributed by atoms with Crippen LogP contribution in [0.1, 0.15) is 13.3 Å². The summed E-state index contributed by atoms with van der Waals surface area (Å²) in [5.74, 6) is 0. The van der Waals surface area contributed by atoms with Crippen molar-refractivity contribution in [1.82, 2.24) is 5.32 Å². The van der Waals surface area contributed by atoms with Gasteiger partial charge in [-0.25, -0.2) is 4.79 Å². The molecule has 0 radical (unpaired) electrons. The summed E-state index contributed by atoms with van der Waals surface area (Å²) in [6, 6.07) is 0. The summed E-state index contributed by atoms with van der Waals surface area (Å²) in [4.78, 5) is 20.1. The molecule has 0 fully saturated rings. The van der Waals surface area contributed by atoms with Gasteiger partial charge < -0.3 is 10.1 Å². The molecule has 0 aliphatic rings. The minimum Gasteiger partial charge on any atom is -0.442 e. The van der Waals surface area contributed by atoms with E-state index < -0.39 is 6.09 Å². The Morgan fingerprint density at radius 1 is 1.70 bits per heavy atom. The van der Waals surface area contributed by atoms with Gasteiger partial charge in [0.15, 0.2) is 6.29 Å². The van der Waals surface area contributed by atoms with Gasteiger partial charge in [-0.3, -0.25) is 4.79 Å². The van der Waals surface area contributed by atoms with Gasteiger partial charge in [0, 0.05) is 6.54 Å². The van der Waals surface area contributed by atoms with Crippen LogP contribution in [-0.2, 0) is 9.53 Å². The van der Waals surface area contributed by atoms with Crippen LogP contribution in [0.4, 0.5) is 4.79 Å². The van der Waals surface area contributed by atoms with Crippen molar-refractivity contribution in [3.63, 3.8) is 0 Å². The zero-order valence-electron chi connectivity index (χ0n) is 5.92. The summed E-state index contributed by atoms with van der Waals surface area (Å²) < 4.78 is 4.38. The number of hydrogen-bond acceptors (Lipinski definition) is 3. The van der Waals surface area contributed by atoms with E-state index in [1.807, 2.05) is 6.92 Å². The largest absolute Gasteiger partial charge is 0.442 e. The number of rotatable bonds is 4. The van der Waals surface area contributed by atoms with Crippen LogP contribution in [0.5, 0.6) is 0 Å². The zero-order valence-corrected chi connectivity index (χ0v) is 5.92. The Labute approximate surface area is 59.6 Å². The van der Waals surface area contributed by atoms with Crippen LogP contribution >= 0.6 is 0 Å². The van der Waals surface area contributed by atoms with E-state index in [0.29, 0.717) is 12.8 Å². The molecule has 0 aromatic rings. The quantitative estimate of drug-likeness (QED) is 0.579. The van der Waals surface area contributed by atoms with E-state index in [-0.39, 0.29) is 6.61 Å². The first kappa shape index (κ1) is 8.94. The lowest BCUT2D eigenvalue weighted by molar-refractivity contribution is -0.110. The van der Waals surface area contributed by atoms with Gasteiger partial charge in [-0.2, -0.15) is 0 Å². The number of amides is 1. The molecule has 1 N–H and O–H groups in total. The molecule has 0 unspecified atom stereocenters. The monoisotopic (exact) mass is 145 g/mol. The van der Waals surface area contributed by atoms with Gasteiger partial charge in [0.05, 0.1) is 0 Å². The number of hydrogen-bond donors (Lipinski definition) is 1. The average molecular weight is 145 g/mol. The van der Waals surface area contributed by atoms with Crippen molar-refractivity contribution in [1.29, 1.82) is 0 Å². The fourth-order valence-corrected chi connectivity index (χ4v) is 0.388. The van der Waals surface area contributed by atoms with Gasteiger partial charge in [-0.15, -0.1) is 0 Å². The molecule has 0 aliphatic heterocycles. The molecule has 0 aromatic carbocycles. The molecule has 0 saturated carbocycles. The first-order valence-electron chi connectivity index (χ1n) is 3.15. The van der Waals surface area contributed by atoms with Gasteiger partial charge in [-0.1, -0.05) is 6.92 Å². The molecule has 4 nitrogen and oxygen atoms in total. The van der Waals surface area contributed by atoms with Gasteiger partial charge in [0.25, 0.3) is 0 Å². The molecule has 0 saturated heterocycles. The van der Waals surface area contributed by atoms with Crippen molar-refractivity contribution in [2.75, 3.05) is 13.2 Å². The molecule has 10 heavy (non-hydrogen) atoms. The van der Waals surface area contributed by atoms with Crippen LogP contribution < -0.4 is 5.32 Å². The highest BCUT2D eigenvalue weighted by atomic mass is 16.5. The minimum atomic E-state index is -0.533. The zero-order chi connectivity index (χ0) is 7.82. The third-order valence-corrected chi connectivity index (χ3v) is 0.802. The Hall–Kier alpha value is -1.06. The second-order valence-electron chi connectivity index (χ2n) is 1.69. The Kier molecular flexibility index (Phi) is 5.42. The second-order valence-corrected chi connectivity index (χ2v) is 1.69. The molecule has 1 amide bonds. The summed E-state index contributed by atoms with van der Waals surface area (Å²) in [5.41, 5.74) is 0. The number of aldehydes is 1. The number of carbonyl (C=O) groups excluding carboxylic acids is 2. The predicted molar refractivity (Wildman–Crippen MR) is 35.7 cm³/mol. The maximum absolute atomic E-state index is 10.5. The normalized spacial score (nSPS) is 8.50. The molecule has 0 spiro atoms. The lowest BCUT2D eigenvalue weighted by Crippen LogP contribution is -2.25. The highest BCUT2D eigenvalue weighted by Gasteiger charge is 1.96. The summed E-state index contributed by atoms with van der Waals surface area (Å²) >= 11 is 0. The van der Waals surface area contributed by atoms with Crippen LogP contribution in [0, 0.1) is 0 Å². The molecule has 0 aliphatic carbocycles. The smallest absolute Gasteiger partial charge is 0.407 e. The standard InChI is InChI=1S/C6H11NO3/c1-2-3-7-6(9)10-5-4-8/h4H,2-3,5H2,1H3,(H,7,9). The van der Waals surface area contributed by atoms with Crippen LogP contribution in [-0.4, -0.2) is 25.5 Å². The Balaban J connectivity index is 3.16. The van der Waals surface area contributed by atoms with Crippen molar-refractivity contribution in [3.8, 4) is 0 Å². The molecule has 0 atom stereocenters. The molecule has 0 aromatic heterocycles. The topological polar surface area (TPSA) is 55.4 Å². The maximum atomic E-state index is 10.5. The molecule has 0 rings (SSSR count). The van der Waals surface area contributed by atoms with E-state index in [2.05, 4.69) is 10.1 Å².